The van der Waals surface area contributed by atoms with Crippen LogP contribution in [0.15, 0.2) is 48.5 Å². The average molecular weight is 433 g/mol. The number of piperidine rings is 1. The largest absolute Gasteiger partial charge is 0.415 e. The Morgan fingerprint density at radius 2 is 1.81 bits per heavy atom. The Labute approximate surface area is 192 Å². The second-order valence-electron chi connectivity index (χ2n) is 10.4. The van der Waals surface area contributed by atoms with E-state index in [9.17, 15) is 4.79 Å². The normalized spacial score (nSPS) is 28.4. The molecular formula is C28H36N2O2. The lowest BCUT2D eigenvalue weighted by molar-refractivity contribution is 0.138. The van der Waals surface area contributed by atoms with Gasteiger partial charge in [0.15, 0.2) is 0 Å². The van der Waals surface area contributed by atoms with Crippen LogP contribution in [0.25, 0.3) is 0 Å². The Kier molecular flexibility index (Phi) is 5.98. The van der Waals surface area contributed by atoms with Gasteiger partial charge >= 0.3 is 6.09 Å². The first-order chi connectivity index (χ1) is 15.5. The number of carbonyl (C=O) groups excluding carboxylic acids is 1. The van der Waals surface area contributed by atoms with Gasteiger partial charge < -0.3 is 15.4 Å². The molecule has 2 aromatic carbocycles. The van der Waals surface area contributed by atoms with E-state index in [2.05, 4.69) is 49.4 Å². The summed E-state index contributed by atoms with van der Waals surface area (Å²) >= 11 is 0. The standard InChI is InChI=1S/C28H36N2O2/c1-28-15-7-3-6-10-23(26(28)29)18-22-11-12-24(19-25(22)28)32-27(31)30-16-13-21(14-17-30)20-8-4-2-5-9-20/h2,4-5,8-9,11-12,19,21,23,26H,3,6-7,10,13-18,29H2,1H3/t23-,26-,28+/m0/s1. The Morgan fingerprint density at radius 1 is 1.03 bits per heavy atom. The van der Waals surface area contributed by atoms with E-state index in [0.717, 1.165) is 38.8 Å². The highest BCUT2D eigenvalue weighted by atomic mass is 16.6. The Bertz CT molecular complexity index is 951. The van der Waals surface area contributed by atoms with Crippen LogP contribution >= 0.6 is 0 Å². The molecule has 0 aromatic heterocycles. The minimum Gasteiger partial charge on any atom is -0.410 e. The van der Waals surface area contributed by atoms with Gasteiger partial charge in [-0.05, 0) is 72.8 Å². The van der Waals surface area contributed by atoms with Crippen LogP contribution in [0.4, 0.5) is 4.79 Å². The third-order valence-electron chi connectivity index (χ3n) is 8.42. The second kappa shape index (κ2) is 8.90. The molecule has 2 bridgehead atoms. The fraction of sp³-hybridized carbons (Fsp3) is 0.536. The molecule has 32 heavy (non-hydrogen) atoms. The molecule has 1 aliphatic heterocycles. The molecule has 1 saturated heterocycles. The van der Waals surface area contributed by atoms with E-state index in [0.29, 0.717) is 17.6 Å². The van der Waals surface area contributed by atoms with Crippen LogP contribution < -0.4 is 10.5 Å². The van der Waals surface area contributed by atoms with E-state index in [1.54, 1.807) is 0 Å². The van der Waals surface area contributed by atoms with Gasteiger partial charge in [-0.15, -0.1) is 0 Å². The number of benzene rings is 2. The van der Waals surface area contributed by atoms with Crippen molar-refractivity contribution in [3.8, 4) is 5.75 Å². The molecule has 1 saturated carbocycles. The number of fused-ring (bicyclic) bond motifs is 4. The molecule has 2 aliphatic carbocycles. The molecule has 2 N–H and O–H groups in total. The summed E-state index contributed by atoms with van der Waals surface area (Å²) < 4.78 is 5.88. The maximum atomic E-state index is 12.9. The molecule has 0 spiro atoms. The van der Waals surface area contributed by atoms with Gasteiger partial charge in [-0.1, -0.05) is 62.6 Å². The molecule has 1 heterocycles. The molecular weight excluding hydrogens is 396 g/mol. The van der Waals surface area contributed by atoms with Gasteiger partial charge in [0.05, 0.1) is 0 Å². The van der Waals surface area contributed by atoms with Crippen molar-refractivity contribution < 1.29 is 9.53 Å². The van der Waals surface area contributed by atoms with Crippen molar-refractivity contribution in [3.05, 3.63) is 65.2 Å². The smallest absolute Gasteiger partial charge is 0.410 e. The quantitative estimate of drug-likeness (QED) is 0.654. The number of amides is 1. The van der Waals surface area contributed by atoms with E-state index < -0.39 is 0 Å². The monoisotopic (exact) mass is 432 g/mol. The predicted octanol–water partition coefficient (Wildman–Crippen LogP) is 5.79. The molecule has 4 heteroatoms. The van der Waals surface area contributed by atoms with Gasteiger partial charge in [0, 0.05) is 24.5 Å². The van der Waals surface area contributed by atoms with Crippen molar-refractivity contribution in [2.45, 2.75) is 75.7 Å². The van der Waals surface area contributed by atoms with E-state index in [1.165, 1.54) is 42.4 Å². The van der Waals surface area contributed by atoms with E-state index in [1.807, 2.05) is 11.0 Å². The summed E-state index contributed by atoms with van der Waals surface area (Å²) in [5, 5.41) is 0. The van der Waals surface area contributed by atoms with Gasteiger partial charge in [-0.2, -0.15) is 0 Å². The number of nitrogens with zero attached hydrogens (tertiary/aromatic N) is 1. The highest BCUT2D eigenvalue weighted by Gasteiger charge is 2.44. The van der Waals surface area contributed by atoms with Gasteiger partial charge in [-0.25, -0.2) is 4.79 Å². The molecule has 2 fully saturated rings. The molecule has 1 amide bonds. The zero-order valence-electron chi connectivity index (χ0n) is 19.3. The average Bonchev–Trinajstić information content (AvgIpc) is 2.83. The number of hydrogen-bond acceptors (Lipinski definition) is 3. The van der Waals surface area contributed by atoms with Crippen LogP contribution in [0.1, 0.15) is 74.5 Å². The fourth-order valence-electron chi connectivity index (χ4n) is 6.38. The van der Waals surface area contributed by atoms with Crippen LogP contribution in [0, 0.1) is 5.92 Å². The van der Waals surface area contributed by atoms with Crippen LogP contribution in [-0.4, -0.2) is 30.1 Å². The zero-order valence-corrected chi connectivity index (χ0v) is 19.3. The topological polar surface area (TPSA) is 55.6 Å². The molecule has 0 unspecified atom stereocenters. The molecule has 3 aliphatic rings. The molecule has 5 rings (SSSR count). The summed E-state index contributed by atoms with van der Waals surface area (Å²) in [6.45, 7) is 3.81. The summed E-state index contributed by atoms with van der Waals surface area (Å²) in [7, 11) is 0. The van der Waals surface area contributed by atoms with Crippen LogP contribution in [0.3, 0.4) is 0 Å². The first kappa shape index (κ1) is 21.5. The lowest BCUT2D eigenvalue weighted by Gasteiger charge is -2.47. The molecule has 3 atom stereocenters. The van der Waals surface area contributed by atoms with Crippen LogP contribution in [0.5, 0.6) is 5.75 Å². The third-order valence-corrected chi connectivity index (χ3v) is 8.42. The van der Waals surface area contributed by atoms with E-state index in [4.69, 9.17) is 10.5 Å². The predicted molar refractivity (Wildman–Crippen MR) is 128 cm³/mol. The fourth-order valence-corrected chi connectivity index (χ4v) is 6.38. The molecule has 4 nitrogen and oxygen atoms in total. The van der Waals surface area contributed by atoms with E-state index >= 15 is 0 Å². The molecule has 0 radical (unpaired) electrons. The summed E-state index contributed by atoms with van der Waals surface area (Å²) in [6, 6.07) is 17.1. The second-order valence-corrected chi connectivity index (χ2v) is 10.4. The van der Waals surface area contributed by atoms with Crippen LogP contribution in [-0.2, 0) is 11.8 Å². The summed E-state index contributed by atoms with van der Waals surface area (Å²) in [5.74, 6) is 1.75. The maximum absolute atomic E-state index is 12.9. The number of likely N-dealkylation sites (tertiary alicyclic amines) is 1. The number of ether oxygens (including phenoxy) is 1. The summed E-state index contributed by atoms with van der Waals surface area (Å²) in [4.78, 5) is 14.8. The summed E-state index contributed by atoms with van der Waals surface area (Å²) in [5.41, 5.74) is 10.9. The van der Waals surface area contributed by atoms with Crippen molar-refractivity contribution in [1.29, 1.82) is 0 Å². The number of nitrogens with two attached hydrogens (primary N) is 1. The third kappa shape index (κ3) is 4.05. The van der Waals surface area contributed by atoms with Crippen molar-refractivity contribution in [2.24, 2.45) is 11.7 Å². The summed E-state index contributed by atoms with van der Waals surface area (Å²) in [6.07, 6.45) is 8.94. The SMILES string of the molecule is C[C@@]12CCCCC[C@@H](Cc3ccc(OC(=O)N4CCC(c5ccccc5)CC4)cc31)[C@@H]2N. The van der Waals surface area contributed by atoms with Gasteiger partial charge in [0.25, 0.3) is 0 Å². The highest BCUT2D eigenvalue weighted by molar-refractivity contribution is 5.71. The van der Waals surface area contributed by atoms with Crippen molar-refractivity contribution in [2.75, 3.05) is 13.1 Å². The Balaban J connectivity index is 1.28. The zero-order chi connectivity index (χ0) is 22.1. The maximum Gasteiger partial charge on any atom is 0.415 e. The number of rotatable bonds is 2. The molecule has 170 valence electrons. The van der Waals surface area contributed by atoms with Gasteiger partial charge in [-0.3, -0.25) is 0 Å². The first-order valence-corrected chi connectivity index (χ1v) is 12.5. The highest BCUT2D eigenvalue weighted by Crippen LogP contribution is 2.46. The van der Waals surface area contributed by atoms with E-state index in [-0.39, 0.29) is 17.6 Å². The Hall–Kier alpha value is -2.33. The lowest BCUT2D eigenvalue weighted by atomic mass is 9.60. The van der Waals surface area contributed by atoms with Crippen molar-refractivity contribution in [1.82, 2.24) is 4.90 Å². The van der Waals surface area contributed by atoms with Gasteiger partial charge in [0.1, 0.15) is 5.75 Å². The molecule has 2 aromatic rings. The van der Waals surface area contributed by atoms with Crippen LogP contribution in [0.2, 0.25) is 0 Å². The minimum atomic E-state index is -0.225. The first-order valence-electron chi connectivity index (χ1n) is 12.5. The number of hydrogen-bond donors (Lipinski definition) is 1. The van der Waals surface area contributed by atoms with Crippen molar-refractivity contribution >= 4 is 6.09 Å². The van der Waals surface area contributed by atoms with Gasteiger partial charge in [0.2, 0.25) is 0 Å². The lowest BCUT2D eigenvalue weighted by Crippen LogP contribution is -2.52. The Morgan fingerprint density at radius 3 is 2.59 bits per heavy atom. The minimum absolute atomic E-state index is 0.0326. The van der Waals surface area contributed by atoms with Crippen molar-refractivity contribution in [3.63, 3.8) is 0 Å². The number of carbonyl (C=O) groups is 1.